The molecule has 1 aromatic carbocycles. The first-order chi connectivity index (χ1) is 27.1. The van der Waals surface area contributed by atoms with Crippen molar-refractivity contribution in [3.8, 4) is 0 Å². The van der Waals surface area contributed by atoms with Crippen molar-refractivity contribution in [3.05, 3.63) is 99.4 Å². The fourth-order valence-electron chi connectivity index (χ4n) is 6.65. The highest BCUT2D eigenvalue weighted by Crippen LogP contribution is 2.29. The summed E-state index contributed by atoms with van der Waals surface area (Å²) in [6.45, 7) is 7.93. The van der Waals surface area contributed by atoms with Crippen LogP contribution >= 0.6 is 11.6 Å². The second-order valence-corrected chi connectivity index (χ2v) is 14.9. The smallest absolute Gasteiger partial charge is 0.405 e. The minimum atomic E-state index is -1.01. The van der Waals surface area contributed by atoms with Crippen molar-refractivity contribution >= 4 is 47.2 Å². The molecule has 3 amide bonds. The van der Waals surface area contributed by atoms with Crippen LogP contribution in [-0.2, 0) is 33.4 Å². The molecule has 57 heavy (non-hydrogen) atoms. The summed E-state index contributed by atoms with van der Waals surface area (Å²) in [7, 11) is 2.92. The summed E-state index contributed by atoms with van der Waals surface area (Å²) in [6.07, 6.45) is 9.95. The van der Waals surface area contributed by atoms with E-state index in [0.717, 1.165) is 30.9 Å². The molecule has 1 aliphatic heterocycles. The lowest BCUT2D eigenvalue weighted by Gasteiger charge is -2.30. The average Bonchev–Trinajstić information content (AvgIpc) is 3.16. The standard InChI is InChI=1S/C43H57ClN4O9/c1-26-21-32-38(47-20-10-8-7-9-19-46-37(50)18-17-30-14-12-15-31(44)24-30)34(49)25-33(40(32)52)48-42(53)27(2)13-11-16-35(55-5)41(57-43(45)54)29(4)23-28(3)39(51)36(22-26)56-6/h11-18,23-26,28,35-36,39,41,47,51H,7-10,19-22H2,1-6H3,(H2,45,54)(H,46,50)(H,48,53)/b16-11-,18-17+,27-13+,29-23+/t26-,28+,35+,36+,39-,41+/m1/s1. The van der Waals surface area contributed by atoms with Crippen molar-refractivity contribution in [2.45, 2.75) is 90.6 Å². The lowest BCUT2D eigenvalue weighted by atomic mass is 9.85. The number of unbranched alkanes of at least 4 members (excludes halogenated alkanes) is 3. The molecule has 2 aliphatic rings. The number of amides is 3. The van der Waals surface area contributed by atoms with Crippen LogP contribution in [0.4, 0.5) is 4.79 Å². The summed E-state index contributed by atoms with van der Waals surface area (Å²) in [6, 6.07) is 7.21. The van der Waals surface area contributed by atoms with Crippen LogP contribution in [0, 0.1) is 11.8 Å². The number of methoxy groups -OCH3 is 2. The van der Waals surface area contributed by atoms with Crippen LogP contribution in [-0.4, -0.2) is 86.3 Å². The molecule has 6 N–H and O–H groups in total. The number of carbonyl (C=O) groups is 5. The Balaban J connectivity index is 1.75. The van der Waals surface area contributed by atoms with Crippen molar-refractivity contribution < 1.29 is 43.3 Å². The van der Waals surface area contributed by atoms with E-state index < -0.39 is 53.9 Å². The molecule has 13 nitrogen and oxygen atoms in total. The van der Waals surface area contributed by atoms with Gasteiger partial charge in [0.05, 0.1) is 23.6 Å². The first kappa shape index (κ1) is 46.6. The number of rotatable bonds is 13. The van der Waals surface area contributed by atoms with Crippen molar-refractivity contribution in [1.29, 1.82) is 0 Å². The van der Waals surface area contributed by atoms with Crippen LogP contribution < -0.4 is 21.7 Å². The lowest BCUT2D eigenvalue weighted by molar-refractivity contribution is -0.120. The number of ketones is 2. The van der Waals surface area contributed by atoms with E-state index in [-0.39, 0.29) is 40.8 Å². The number of carbonyl (C=O) groups excluding carboxylic acids is 5. The molecule has 14 heteroatoms. The minimum absolute atomic E-state index is 0.140. The Labute approximate surface area is 340 Å². The third kappa shape index (κ3) is 14.9. The summed E-state index contributed by atoms with van der Waals surface area (Å²) in [5.41, 5.74) is 7.31. The molecular weight excluding hydrogens is 752 g/mol. The maximum Gasteiger partial charge on any atom is 0.405 e. The van der Waals surface area contributed by atoms with Gasteiger partial charge in [-0.15, -0.1) is 0 Å². The Morgan fingerprint density at radius 2 is 1.77 bits per heavy atom. The maximum atomic E-state index is 14.0. The molecule has 0 saturated heterocycles. The topological polar surface area (TPSA) is 195 Å². The van der Waals surface area contributed by atoms with E-state index in [4.69, 9.17) is 31.5 Å². The van der Waals surface area contributed by atoms with Crippen molar-refractivity contribution in [3.63, 3.8) is 0 Å². The van der Waals surface area contributed by atoms with Crippen molar-refractivity contribution in [2.75, 3.05) is 27.3 Å². The van der Waals surface area contributed by atoms with Gasteiger partial charge in [0.15, 0.2) is 6.10 Å². The Morgan fingerprint density at radius 1 is 1.05 bits per heavy atom. The van der Waals surface area contributed by atoms with E-state index in [1.54, 1.807) is 57.2 Å². The Hall–Kier alpha value is -4.82. The Bertz CT molecular complexity index is 1800. The summed E-state index contributed by atoms with van der Waals surface area (Å²) in [5, 5.41) is 20.7. The molecule has 0 unspecified atom stereocenters. The zero-order valence-corrected chi connectivity index (χ0v) is 34.4. The molecule has 3 rings (SSSR count). The maximum absolute atomic E-state index is 14.0. The predicted octanol–water partition coefficient (Wildman–Crippen LogP) is 5.40. The fourth-order valence-corrected chi connectivity index (χ4v) is 6.85. The summed E-state index contributed by atoms with van der Waals surface area (Å²) in [4.78, 5) is 64.8. The van der Waals surface area contributed by atoms with E-state index >= 15 is 0 Å². The number of primary amides is 1. The molecule has 0 spiro atoms. The average molecular weight is 809 g/mol. The molecule has 0 saturated carbocycles. The molecule has 1 heterocycles. The van der Waals surface area contributed by atoms with Crippen molar-refractivity contribution in [2.24, 2.45) is 17.6 Å². The molecule has 0 aromatic heterocycles. The van der Waals surface area contributed by atoms with Gasteiger partial charge in [-0.05, 0) is 74.8 Å². The van der Waals surface area contributed by atoms with Gasteiger partial charge in [-0.25, -0.2) is 4.79 Å². The summed E-state index contributed by atoms with van der Waals surface area (Å²) < 4.78 is 16.7. The third-order valence-electron chi connectivity index (χ3n) is 9.77. The third-order valence-corrected chi connectivity index (χ3v) is 10.0. The zero-order chi connectivity index (χ0) is 42.1. The molecule has 310 valence electrons. The van der Waals surface area contributed by atoms with Crippen LogP contribution in [0.5, 0.6) is 0 Å². The van der Waals surface area contributed by atoms with Gasteiger partial charge in [0.1, 0.15) is 6.10 Å². The van der Waals surface area contributed by atoms with E-state index in [1.807, 2.05) is 19.1 Å². The van der Waals surface area contributed by atoms with Gasteiger partial charge < -0.3 is 41.0 Å². The number of aliphatic hydroxyl groups excluding tert-OH is 1. The first-order valence-corrected chi connectivity index (χ1v) is 19.6. The number of Topliss-reactive ketones (excluding diaryl/α,β-unsaturated/α-hetero) is 1. The Kier molecular flexibility index (Phi) is 19.1. The molecule has 2 bridgehead atoms. The number of halogens is 1. The van der Waals surface area contributed by atoms with Crippen LogP contribution in [0.15, 0.2) is 88.8 Å². The zero-order valence-electron chi connectivity index (χ0n) is 33.6. The van der Waals surface area contributed by atoms with Gasteiger partial charge in [-0.2, -0.15) is 0 Å². The number of hydrogen-bond donors (Lipinski definition) is 5. The fraction of sp³-hybridized carbons (Fsp3) is 0.465. The molecule has 6 atom stereocenters. The van der Waals surface area contributed by atoms with Gasteiger partial charge in [-0.1, -0.05) is 74.7 Å². The largest absolute Gasteiger partial charge is 0.439 e. The van der Waals surface area contributed by atoms with Crippen LogP contribution in [0.2, 0.25) is 5.02 Å². The predicted molar refractivity (Wildman–Crippen MR) is 220 cm³/mol. The summed E-state index contributed by atoms with van der Waals surface area (Å²) in [5.74, 6) is -2.41. The number of fused-ring (bicyclic) bond motifs is 2. The second kappa shape index (κ2) is 23.4. The van der Waals surface area contributed by atoms with Gasteiger partial charge in [0.2, 0.25) is 17.5 Å². The molecule has 1 aromatic rings. The molecular formula is C43H57ClN4O9. The number of allylic oxidation sites excluding steroid dienone is 4. The monoisotopic (exact) mass is 808 g/mol. The number of ether oxygens (including phenoxy) is 3. The van der Waals surface area contributed by atoms with E-state index in [2.05, 4.69) is 16.0 Å². The van der Waals surface area contributed by atoms with E-state index in [1.165, 1.54) is 26.4 Å². The highest BCUT2D eigenvalue weighted by atomic mass is 35.5. The van der Waals surface area contributed by atoms with Gasteiger partial charge >= 0.3 is 6.09 Å². The quantitative estimate of drug-likeness (QED) is 0.0746. The molecule has 1 aliphatic carbocycles. The van der Waals surface area contributed by atoms with Crippen molar-refractivity contribution in [1.82, 2.24) is 16.0 Å². The molecule has 0 radical (unpaired) electrons. The number of aliphatic hydroxyl groups is 1. The van der Waals surface area contributed by atoms with Gasteiger partial charge in [0, 0.05) is 61.5 Å². The highest BCUT2D eigenvalue weighted by molar-refractivity contribution is 6.30. The van der Waals surface area contributed by atoms with Crippen LogP contribution in [0.3, 0.4) is 0 Å². The minimum Gasteiger partial charge on any atom is -0.439 e. The van der Waals surface area contributed by atoms with Crippen LogP contribution in [0.1, 0.15) is 71.8 Å². The van der Waals surface area contributed by atoms with E-state index in [9.17, 15) is 29.1 Å². The summed E-state index contributed by atoms with van der Waals surface area (Å²) >= 11 is 5.99. The SMILES string of the molecule is CO[C@H]1/C=C\C=C(/C)C(=O)NC2=CC(=O)C(NCCCCCCNC(=O)/C=C/c3cccc(Cl)c3)=C(C[C@@H](C)C[C@H](OC)[C@H](O)[C@@H](C)/C=C(\C)[C@@H]1OC(N)=O)C2=O. The number of benzene rings is 1. The van der Waals surface area contributed by atoms with E-state index in [0.29, 0.717) is 36.5 Å². The second-order valence-electron chi connectivity index (χ2n) is 14.5. The lowest BCUT2D eigenvalue weighted by Crippen LogP contribution is -2.38. The normalized spacial score (nSPS) is 26.5. The highest BCUT2D eigenvalue weighted by Gasteiger charge is 2.33. The molecule has 0 fully saturated rings. The Morgan fingerprint density at radius 3 is 2.44 bits per heavy atom. The van der Waals surface area contributed by atoms with Gasteiger partial charge in [0.25, 0.3) is 5.91 Å². The van der Waals surface area contributed by atoms with Crippen LogP contribution in [0.25, 0.3) is 6.08 Å². The number of nitrogens with one attached hydrogen (secondary N) is 3. The number of hydrogen-bond acceptors (Lipinski definition) is 10. The van der Waals surface area contributed by atoms with Gasteiger partial charge in [-0.3, -0.25) is 19.2 Å². The number of nitrogens with two attached hydrogens (primary N) is 1. The first-order valence-electron chi connectivity index (χ1n) is 19.2.